The second-order valence-electron chi connectivity index (χ2n) is 9.37. The summed E-state index contributed by atoms with van der Waals surface area (Å²) in [5, 5.41) is 11.5. The fraction of sp³-hybridized carbons (Fsp3) is 0.241. The quantitative estimate of drug-likeness (QED) is 0.269. The smallest absolute Gasteiger partial charge is 0.450 e. The van der Waals surface area contributed by atoms with Gasteiger partial charge in [0.1, 0.15) is 11.6 Å². The van der Waals surface area contributed by atoms with E-state index in [2.05, 4.69) is 4.98 Å². The molecule has 196 valence electrons. The highest BCUT2D eigenvalue weighted by molar-refractivity contribution is 6.30. The number of rotatable bonds is 6. The van der Waals surface area contributed by atoms with E-state index in [1.165, 1.54) is 30.5 Å². The number of alkyl halides is 3. The van der Waals surface area contributed by atoms with E-state index in [-0.39, 0.29) is 12.2 Å². The zero-order valence-corrected chi connectivity index (χ0v) is 21.0. The van der Waals surface area contributed by atoms with E-state index in [1.807, 2.05) is 35.2 Å². The van der Waals surface area contributed by atoms with Crippen LogP contribution in [0.3, 0.4) is 0 Å². The fourth-order valence-electron chi connectivity index (χ4n) is 4.70. The van der Waals surface area contributed by atoms with Gasteiger partial charge in [0.05, 0.1) is 11.2 Å². The van der Waals surface area contributed by atoms with Crippen molar-refractivity contribution < 1.29 is 27.5 Å². The van der Waals surface area contributed by atoms with E-state index in [4.69, 9.17) is 16.0 Å². The molecule has 0 spiro atoms. The van der Waals surface area contributed by atoms with E-state index >= 15 is 0 Å². The van der Waals surface area contributed by atoms with Crippen LogP contribution in [0.2, 0.25) is 5.02 Å². The lowest BCUT2D eigenvalue weighted by atomic mass is 9.84. The molecule has 3 heterocycles. The van der Waals surface area contributed by atoms with Crippen molar-refractivity contribution in [3.05, 3.63) is 106 Å². The molecule has 0 aliphatic carbocycles. The average Bonchev–Trinajstić information content (AvgIpc) is 3.37. The summed E-state index contributed by atoms with van der Waals surface area (Å²) in [7, 11) is 0. The van der Waals surface area contributed by atoms with Gasteiger partial charge in [-0.25, -0.2) is 4.98 Å². The van der Waals surface area contributed by atoms with Gasteiger partial charge in [0, 0.05) is 36.3 Å². The number of anilines is 1. The number of benzene rings is 2. The van der Waals surface area contributed by atoms with E-state index in [9.17, 15) is 23.1 Å². The van der Waals surface area contributed by atoms with Gasteiger partial charge in [0.25, 0.3) is 0 Å². The molecular formula is C29H24ClF3N2O3. The molecule has 0 atom stereocenters. The highest BCUT2D eigenvalue weighted by atomic mass is 35.5. The number of furan rings is 1. The Kier molecular flexibility index (Phi) is 7.03. The number of ketones is 1. The predicted octanol–water partition coefficient (Wildman–Crippen LogP) is 6.93. The third-order valence-electron chi connectivity index (χ3n) is 6.82. The first-order valence-electron chi connectivity index (χ1n) is 12.1. The summed E-state index contributed by atoms with van der Waals surface area (Å²) in [6.07, 6.45) is -2.51. The van der Waals surface area contributed by atoms with E-state index < -0.39 is 28.9 Å². The largest absolute Gasteiger partial charge is 0.451 e. The Bertz CT molecular complexity index is 1410. The molecule has 0 saturated carbocycles. The van der Waals surface area contributed by atoms with Crippen LogP contribution in [0.1, 0.15) is 40.1 Å². The molecule has 1 aliphatic rings. The molecule has 0 unspecified atom stereocenters. The molecule has 0 amide bonds. The van der Waals surface area contributed by atoms with Crippen molar-refractivity contribution in [2.45, 2.75) is 31.0 Å². The van der Waals surface area contributed by atoms with Gasteiger partial charge < -0.3 is 14.4 Å². The van der Waals surface area contributed by atoms with Crippen LogP contribution in [0.25, 0.3) is 11.3 Å². The fourth-order valence-corrected chi connectivity index (χ4v) is 4.82. The number of carbonyl (C=O) groups is 1. The maximum absolute atomic E-state index is 13.7. The number of aromatic nitrogens is 1. The maximum Gasteiger partial charge on any atom is 0.450 e. The first kappa shape index (κ1) is 26.0. The maximum atomic E-state index is 13.7. The average molecular weight is 541 g/mol. The normalized spacial score (nSPS) is 15.4. The van der Waals surface area contributed by atoms with Crippen molar-refractivity contribution in [1.29, 1.82) is 0 Å². The lowest BCUT2D eigenvalue weighted by molar-refractivity contribution is -0.153. The number of hydrogen-bond donors (Lipinski definition) is 1. The lowest BCUT2D eigenvalue weighted by Crippen LogP contribution is -2.42. The number of hydrogen-bond acceptors (Lipinski definition) is 5. The topological polar surface area (TPSA) is 66.6 Å². The Hall–Kier alpha value is -3.62. The van der Waals surface area contributed by atoms with Gasteiger partial charge in [-0.3, -0.25) is 4.79 Å². The van der Waals surface area contributed by atoms with Gasteiger partial charge in [-0.05, 0) is 60.4 Å². The summed E-state index contributed by atoms with van der Waals surface area (Å²) in [5.74, 6) is -1.43. The molecule has 0 radical (unpaired) electrons. The molecular weight excluding hydrogens is 517 g/mol. The van der Waals surface area contributed by atoms with Gasteiger partial charge >= 0.3 is 6.18 Å². The van der Waals surface area contributed by atoms with E-state index in [0.29, 0.717) is 47.9 Å². The molecule has 1 aliphatic heterocycles. The van der Waals surface area contributed by atoms with Crippen LogP contribution in [0, 0.1) is 0 Å². The van der Waals surface area contributed by atoms with Crippen molar-refractivity contribution in [2.24, 2.45) is 0 Å². The highest BCUT2D eigenvalue weighted by Gasteiger charge is 2.40. The number of halogens is 4. The molecule has 1 fully saturated rings. The highest BCUT2D eigenvalue weighted by Crippen LogP contribution is 2.38. The van der Waals surface area contributed by atoms with Crippen molar-refractivity contribution in [3.63, 3.8) is 0 Å². The molecule has 2 aromatic carbocycles. The molecule has 5 rings (SSSR count). The number of pyridine rings is 1. The van der Waals surface area contributed by atoms with Gasteiger partial charge in [-0.1, -0.05) is 48.0 Å². The van der Waals surface area contributed by atoms with Crippen LogP contribution in [-0.4, -0.2) is 29.0 Å². The zero-order valence-electron chi connectivity index (χ0n) is 20.2. The Balaban J connectivity index is 1.28. The van der Waals surface area contributed by atoms with Crippen LogP contribution >= 0.6 is 11.6 Å². The summed E-state index contributed by atoms with van der Waals surface area (Å²) >= 11 is 5.86. The summed E-state index contributed by atoms with van der Waals surface area (Å²) < 4.78 is 46.1. The standard InChI is InChI=1S/C29H24ClF3N2O3/c30-22-9-7-20(8-10-22)25-17-23(27(38-25)29(31,32)33)24(36)16-19-6-11-26(34-18-19)35-14-12-28(37,13-15-35)21-4-2-1-3-5-21/h1-11,17-18,37H,12-16H2. The van der Waals surface area contributed by atoms with Crippen LogP contribution < -0.4 is 4.90 Å². The molecule has 9 heteroatoms. The van der Waals surface area contributed by atoms with Gasteiger partial charge in [-0.15, -0.1) is 0 Å². The minimum absolute atomic E-state index is 0.0635. The molecule has 38 heavy (non-hydrogen) atoms. The molecule has 1 N–H and O–H groups in total. The summed E-state index contributed by atoms with van der Waals surface area (Å²) in [6.45, 7) is 1.18. The molecule has 1 saturated heterocycles. The minimum Gasteiger partial charge on any atom is -0.451 e. The van der Waals surface area contributed by atoms with Crippen LogP contribution in [0.5, 0.6) is 0 Å². The Morgan fingerprint density at radius 1 is 1.03 bits per heavy atom. The van der Waals surface area contributed by atoms with Crippen LogP contribution in [-0.2, 0) is 18.2 Å². The Morgan fingerprint density at radius 3 is 2.32 bits per heavy atom. The molecule has 0 bridgehead atoms. The molecule has 4 aromatic rings. The van der Waals surface area contributed by atoms with Crippen LogP contribution in [0.4, 0.5) is 19.0 Å². The van der Waals surface area contributed by atoms with Crippen LogP contribution in [0.15, 0.2) is 83.4 Å². The van der Waals surface area contributed by atoms with Crippen molar-refractivity contribution in [2.75, 3.05) is 18.0 Å². The van der Waals surface area contributed by atoms with Gasteiger partial charge in [0.2, 0.25) is 5.76 Å². The number of aliphatic hydroxyl groups is 1. The SMILES string of the molecule is O=C(Cc1ccc(N2CCC(O)(c3ccccc3)CC2)nc1)c1cc(-c2ccc(Cl)cc2)oc1C(F)(F)F. The van der Waals surface area contributed by atoms with Crippen molar-refractivity contribution in [1.82, 2.24) is 4.98 Å². The number of carbonyl (C=O) groups excluding carboxylic acids is 1. The van der Waals surface area contributed by atoms with Crippen molar-refractivity contribution >= 4 is 23.2 Å². The third-order valence-corrected chi connectivity index (χ3v) is 7.07. The summed E-state index contributed by atoms with van der Waals surface area (Å²) in [5.41, 5.74) is 0.334. The monoisotopic (exact) mass is 540 g/mol. The van der Waals surface area contributed by atoms with E-state index in [0.717, 1.165) is 11.6 Å². The molecule has 5 nitrogen and oxygen atoms in total. The third kappa shape index (κ3) is 5.47. The first-order valence-corrected chi connectivity index (χ1v) is 12.5. The number of Topliss-reactive ketones (excluding diaryl/α,β-unsaturated/α-hetero) is 1. The first-order chi connectivity index (χ1) is 18.1. The lowest BCUT2D eigenvalue weighted by Gasteiger charge is -2.39. The minimum atomic E-state index is -4.83. The Morgan fingerprint density at radius 2 is 1.71 bits per heavy atom. The van der Waals surface area contributed by atoms with Gasteiger partial charge in [0.15, 0.2) is 5.78 Å². The molecule has 2 aromatic heterocycles. The number of piperidine rings is 1. The van der Waals surface area contributed by atoms with Crippen molar-refractivity contribution in [3.8, 4) is 11.3 Å². The van der Waals surface area contributed by atoms with Gasteiger partial charge in [-0.2, -0.15) is 13.2 Å². The zero-order chi connectivity index (χ0) is 26.9. The predicted molar refractivity (Wildman–Crippen MR) is 138 cm³/mol. The number of nitrogens with zero attached hydrogens (tertiary/aromatic N) is 2. The summed E-state index contributed by atoms with van der Waals surface area (Å²) in [4.78, 5) is 19.4. The van der Waals surface area contributed by atoms with E-state index in [1.54, 1.807) is 12.1 Å². The second kappa shape index (κ2) is 10.3. The summed E-state index contributed by atoms with van der Waals surface area (Å²) in [6, 6.07) is 20.2. The second-order valence-corrected chi connectivity index (χ2v) is 9.80. The Labute approximate surface area is 222 Å².